The predicted octanol–water partition coefficient (Wildman–Crippen LogP) is 1.37. The zero-order valence-corrected chi connectivity index (χ0v) is 11.7. The molecule has 20 heavy (non-hydrogen) atoms. The second kappa shape index (κ2) is 6.19. The molecule has 0 saturated carbocycles. The van der Waals surface area contributed by atoms with Crippen molar-refractivity contribution in [3.8, 4) is 0 Å². The fraction of sp³-hybridized carbons (Fsp3) is 0.500. The number of carbonyl (C=O) groups is 1. The van der Waals surface area contributed by atoms with Gasteiger partial charge in [0.15, 0.2) is 0 Å². The zero-order chi connectivity index (χ0) is 14.6. The highest BCUT2D eigenvalue weighted by atomic mass is 19.1. The molecule has 1 fully saturated rings. The molecule has 110 valence electrons. The highest BCUT2D eigenvalue weighted by Crippen LogP contribution is 2.20. The van der Waals surface area contributed by atoms with Gasteiger partial charge in [-0.15, -0.1) is 0 Å². The van der Waals surface area contributed by atoms with Crippen LogP contribution in [0.5, 0.6) is 0 Å². The van der Waals surface area contributed by atoms with E-state index in [2.05, 4.69) is 22.6 Å². The minimum Gasteiger partial charge on any atom is -0.331 e. The number of benzene rings is 1. The van der Waals surface area contributed by atoms with Crippen LogP contribution in [0, 0.1) is 5.82 Å². The van der Waals surface area contributed by atoms with Gasteiger partial charge < -0.3 is 21.3 Å². The van der Waals surface area contributed by atoms with Crippen LogP contribution >= 0.6 is 0 Å². The van der Waals surface area contributed by atoms with Gasteiger partial charge in [0, 0.05) is 25.3 Å². The fourth-order valence-electron chi connectivity index (χ4n) is 2.36. The maximum absolute atomic E-state index is 12.8. The topological polar surface area (TPSA) is 70.4 Å². The van der Waals surface area contributed by atoms with Gasteiger partial charge in [-0.2, -0.15) is 0 Å². The summed E-state index contributed by atoms with van der Waals surface area (Å²) in [5.41, 5.74) is 6.04. The van der Waals surface area contributed by atoms with Crippen molar-refractivity contribution in [3.05, 3.63) is 30.1 Å². The molecule has 1 aliphatic heterocycles. The van der Waals surface area contributed by atoms with Crippen LogP contribution in [0.2, 0.25) is 0 Å². The lowest BCUT2D eigenvalue weighted by Gasteiger charge is -2.40. The Morgan fingerprint density at radius 1 is 1.35 bits per heavy atom. The van der Waals surface area contributed by atoms with E-state index in [9.17, 15) is 9.18 Å². The average molecular weight is 280 g/mol. The minimum absolute atomic E-state index is 0.299. The summed E-state index contributed by atoms with van der Waals surface area (Å²) in [5, 5.41) is 5.67. The van der Waals surface area contributed by atoms with Gasteiger partial charge in [-0.25, -0.2) is 9.18 Å². The number of halogens is 1. The number of carbonyl (C=O) groups excluding carboxylic acids is 1. The molecule has 0 bridgehead atoms. The lowest BCUT2D eigenvalue weighted by molar-refractivity contribution is 0.165. The highest BCUT2D eigenvalue weighted by Gasteiger charge is 2.33. The molecule has 0 aromatic heterocycles. The number of hydrogen-bond donors (Lipinski definition) is 3. The molecule has 2 rings (SSSR count). The Bertz CT molecular complexity index is 455. The van der Waals surface area contributed by atoms with Gasteiger partial charge in [0.05, 0.1) is 5.54 Å². The first kappa shape index (κ1) is 14.7. The SMILES string of the molecule is CN1CCC(CN)(NC(=O)Nc2ccc(F)cc2)CC1. The van der Waals surface area contributed by atoms with E-state index >= 15 is 0 Å². The lowest BCUT2D eigenvalue weighted by Crippen LogP contribution is -2.59. The number of likely N-dealkylation sites (tertiary alicyclic amines) is 1. The van der Waals surface area contributed by atoms with E-state index in [1.54, 1.807) is 0 Å². The van der Waals surface area contributed by atoms with Gasteiger partial charge in [-0.3, -0.25) is 0 Å². The van der Waals surface area contributed by atoms with E-state index in [1.807, 2.05) is 0 Å². The van der Waals surface area contributed by atoms with Crippen LogP contribution in [0.1, 0.15) is 12.8 Å². The molecule has 0 aliphatic carbocycles. The molecule has 5 nitrogen and oxygen atoms in total. The van der Waals surface area contributed by atoms with E-state index in [4.69, 9.17) is 5.73 Å². The second-order valence-corrected chi connectivity index (χ2v) is 5.37. The summed E-state index contributed by atoms with van der Waals surface area (Å²) in [7, 11) is 2.05. The Morgan fingerprint density at radius 3 is 2.50 bits per heavy atom. The number of anilines is 1. The van der Waals surface area contributed by atoms with Crippen molar-refractivity contribution in [3.63, 3.8) is 0 Å². The molecule has 1 saturated heterocycles. The molecule has 0 atom stereocenters. The van der Waals surface area contributed by atoms with Crippen LogP contribution in [-0.4, -0.2) is 43.2 Å². The Morgan fingerprint density at radius 2 is 1.95 bits per heavy atom. The standard InChI is InChI=1S/C14H21FN4O/c1-19-8-6-14(10-16,7-9-19)18-13(20)17-12-4-2-11(15)3-5-12/h2-5H,6-10,16H2,1H3,(H2,17,18,20). The smallest absolute Gasteiger partial charge is 0.319 e. The first-order chi connectivity index (χ1) is 9.53. The lowest BCUT2D eigenvalue weighted by atomic mass is 9.88. The van der Waals surface area contributed by atoms with Crippen molar-refractivity contribution in [2.75, 3.05) is 32.0 Å². The third kappa shape index (κ3) is 3.68. The number of nitrogens with zero attached hydrogens (tertiary/aromatic N) is 1. The third-order valence-electron chi connectivity index (χ3n) is 3.82. The molecule has 0 unspecified atom stereocenters. The number of nitrogens with one attached hydrogen (secondary N) is 2. The number of amides is 2. The Balaban J connectivity index is 1.94. The Kier molecular flexibility index (Phi) is 4.57. The zero-order valence-electron chi connectivity index (χ0n) is 11.7. The van der Waals surface area contributed by atoms with Gasteiger partial charge in [0.2, 0.25) is 0 Å². The summed E-state index contributed by atoms with van der Waals surface area (Å²) in [5.74, 6) is -0.329. The van der Waals surface area contributed by atoms with Crippen LogP contribution in [0.15, 0.2) is 24.3 Å². The van der Waals surface area contributed by atoms with Crippen LogP contribution in [0.3, 0.4) is 0 Å². The fourth-order valence-corrected chi connectivity index (χ4v) is 2.36. The summed E-state index contributed by atoms with van der Waals surface area (Å²) in [6, 6.07) is 5.37. The van der Waals surface area contributed by atoms with Crippen molar-refractivity contribution in [2.45, 2.75) is 18.4 Å². The summed E-state index contributed by atoms with van der Waals surface area (Å²) in [4.78, 5) is 14.2. The maximum atomic E-state index is 12.8. The van der Waals surface area contributed by atoms with Gasteiger partial charge in [0.25, 0.3) is 0 Å². The number of nitrogens with two attached hydrogens (primary N) is 1. The van der Waals surface area contributed by atoms with Crippen LogP contribution in [0.4, 0.5) is 14.9 Å². The van der Waals surface area contributed by atoms with Crippen molar-refractivity contribution in [1.82, 2.24) is 10.2 Å². The van der Waals surface area contributed by atoms with Crippen molar-refractivity contribution in [2.24, 2.45) is 5.73 Å². The van der Waals surface area contributed by atoms with Gasteiger partial charge >= 0.3 is 6.03 Å². The molecule has 1 aromatic rings. The quantitative estimate of drug-likeness (QED) is 0.783. The number of piperidine rings is 1. The molecular formula is C14H21FN4O. The predicted molar refractivity (Wildman–Crippen MR) is 77.1 cm³/mol. The molecule has 1 aromatic carbocycles. The number of urea groups is 1. The van der Waals surface area contributed by atoms with Crippen molar-refractivity contribution >= 4 is 11.7 Å². The number of hydrogen-bond acceptors (Lipinski definition) is 3. The molecule has 4 N–H and O–H groups in total. The van der Waals surface area contributed by atoms with Gasteiger partial charge in [-0.1, -0.05) is 0 Å². The van der Waals surface area contributed by atoms with Gasteiger partial charge in [-0.05, 0) is 44.2 Å². The average Bonchev–Trinajstić information content (AvgIpc) is 2.44. The molecule has 1 heterocycles. The second-order valence-electron chi connectivity index (χ2n) is 5.37. The number of rotatable bonds is 3. The van der Waals surface area contributed by atoms with Gasteiger partial charge in [0.1, 0.15) is 5.82 Å². The minimum atomic E-state index is -0.351. The third-order valence-corrected chi connectivity index (χ3v) is 3.82. The van der Waals surface area contributed by atoms with Crippen LogP contribution in [0.25, 0.3) is 0 Å². The first-order valence-electron chi connectivity index (χ1n) is 6.76. The maximum Gasteiger partial charge on any atom is 0.319 e. The molecule has 1 aliphatic rings. The van der Waals surface area contributed by atoms with E-state index in [0.29, 0.717) is 12.2 Å². The normalized spacial score (nSPS) is 18.6. The van der Waals surface area contributed by atoms with Crippen molar-refractivity contribution in [1.29, 1.82) is 0 Å². The Labute approximate surface area is 118 Å². The summed E-state index contributed by atoms with van der Waals surface area (Å²) in [6.45, 7) is 2.24. The first-order valence-corrected chi connectivity index (χ1v) is 6.76. The molecular weight excluding hydrogens is 259 g/mol. The van der Waals surface area contributed by atoms with E-state index in [0.717, 1.165) is 25.9 Å². The van der Waals surface area contributed by atoms with Crippen LogP contribution < -0.4 is 16.4 Å². The molecule has 6 heteroatoms. The summed E-state index contributed by atoms with van der Waals surface area (Å²) >= 11 is 0. The monoisotopic (exact) mass is 280 g/mol. The van der Waals surface area contributed by atoms with Crippen LogP contribution in [-0.2, 0) is 0 Å². The van der Waals surface area contributed by atoms with E-state index in [-0.39, 0.29) is 17.4 Å². The molecule has 0 radical (unpaired) electrons. The molecule has 0 spiro atoms. The highest BCUT2D eigenvalue weighted by molar-refractivity contribution is 5.89. The summed E-state index contributed by atoms with van der Waals surface area (Å²) in [6.07, 6.45) is 1.66. The van der Waals surface area contributed by atoms with Crippen molar-refractivity contribution < 1.29 is 9.18 Å². The van der Waals surface area contributed by atoms with E-state index in [1.165, 1.54) is 24.3 Å². The largest absolute Gasteiger partial charge is 0.331 e. The Hall–Kier alpha value is -1.66. The molecule has 2 amide bonds. The van der Waals surface area contributed by atoms with E-state index < -0.39 is 0 Å². The summed E-state index contributed by atoms with van der Waals surface area (Å²) < 4.78 is 12.8.